The maximum atomic E-state index is 12.0. The minimum Gasteiger partial charge on any atom is -0.350 e. The Bertz CT molecular complexity index is 847. The second-order valence-electron chi connectivity index (χ2n) is 5.17. The largest absolute Gasteiger partial charge is 0.350 e. The molecule has 0 spiro atoms. The Morgan fingerprint density at radius 3 is 2.12 bits per heavy atom. The molecule has 2 N–H and O–H groups in total. The number of carbonyl (C=O) groups excluding carboxylic acids is 2. The fourth-order valence-electron chi connectivity index (χ4n) is 2.14. The van der Waals surface area contributed by atoms with E-state index in [1.165, 1.54) is 0 Å². The highest BCUT2D eigenvalue weighted by Crippen LogP contribution is 2.14. The van der Waals surface area contributed by atoms with E-state index < -0.39 is 5.91 Å². The maximum Gasteiger partial charge on any atom is 0.316 e. The second kappa shape index (κ2) is 7.87. The first-order chi connectivity index (χ1) is 12.2. The second-order valence-corrected chi connectivity index (χ2v) is 5.17. The van der Waals surface area contributed by atoms with Crippen molar-refractivity contribution in [2.75, 3.05) is 13.1 Å². The van der Waals surface area contributed by atoms with Gasteiger partial charge in [0.25, 0.3) is 5.91 Å². The zero-order chi connectivity index (χ0) is 17.5. The van der Waals surface area contributed by atoms with Crippen molar-refractivity contribution in [1.29, 1.82) is 0 Å². The first-order valence-corrected chi connectivity index (χ1v) is 7.74. The number of benzene rings is 2. The van der Waals surface area contributed by atoms with Crippen LogP contribution in [0, 0.1) is 0 Å². The van der Waals surface area contributed by atoms with Crippen molar-refractivity contribution < 1.29 is 14.1 Å². The molecule has 0 fully saturated rings. The molecule has 0 saturated heterocycles. The summed E-state index contributed by atoms with van der Waals surface area (Å²) in [6.45, 7) is 0.541. The van der Waals surface area contributed by atoms with Gasteiger partial charge in [-0.2, -0.15) is 4.98 Å². The Labute approximate surface area is 144 Å². The fraction of sp³-hybridized carbons (Fsp3) is 0.111. The maximum absolute atomic E-state index is 12.0. The van der Waals surface area contributed by atoms with Crippen molar-refractivity contribution in [1.82, 2.24) is 20.8 Å². The number of aromatic nitrogens is 2. The molecule has 1 heterocycles. The minimum absolute atomic E-state index is 0.117. The Hall–Kier alpha value is -3.48. The lowest BCUT2D eigenvalue weighted by Crippen LogP contribution is -2.34. The summed E-state index contributed by atoms with van der Waals surface area (Å²) in [4.78, 5) is 27.9. The molecule has 0 radical (unpaired) electrons. The topological polar surface area (TPSA) is 97.1 Å². The predicted molar refractivity (Wildman–Crippen MR) is 90.8 cm³/mol. The van der Waals surface area contributed by atoms with E-state index in [1.54, 1.807) is 24.3 Å². The van der Waals surface area contributed by atoms with Crippen molar-refractivity contribution in [3.63, 3.8) is 0 Å². The quantitative estimate of drug-likeness (QED) is 0.670. The minimum atomic E-state index is -0.483. The average Bonchev–Trinajstić information content (AvgIpc) is 3.16. The van der Waals surface area contributed by atoms with Gasteiger partial charge in [-0.05, 0) is 12.1 Å². The van der Waals surface area contributed by atoms with Crippen LogP contribution in [0.4, 0.5) is 0 Å². The van der Waals surface area contributed by atoms with Crippen LogP contribution in [-0.2, 0) is 0 Å². The van der Waals surface area contributed by atoms with Gasteiger partial charge in [-0.1, -0.05) is 53.7 Å². The van der Waals surface area contributed by atoms with Gasteiger partial charge in [-0.3, -0.25) is 9.59 Å². The van der Waals surface area contributed by atoms with Crippen LogP contribution in [-0.4, -0.2) is 35.0 Å². The molecule has 2 amide bonds. The molecule has 3 aromatic rings. The third-order valence-corrected chi connectivity index (χ3v) is 3.38. The van der Waals surface area contributed by atoms with Crippen molar-refractivity contribution in [3.05, 3.63) is 72.1 Å². The molecular formula is C18H16N4O3. The lowest BCUT2D eigenvalue weighted by molar-refractivity contribution is 0.0898. The molecule has 7 nitrogen and oxygen atoms in total. The normalized spacial score (nSPS) is 10.2. The van der Waals surface area contributed by atoms with E-state index in [4.69, 9.17) is 4.52 Å². The SMILES string of the molecule is O=C(NCCNC(=O)c1nc(-c2ccccc2)no1)c1ccccc1. The molecule has 0 aliphatic heterocycles. The van der Waals surface area contributed by atoms with Crippen LogP contribution in [0.25, 0.3) is 11.4 Å². The summed E-state index contributed by atoms with van der Waals surface area (Å²) in [6, 6.07) is 18.1. The number of nitrogens with zero attached hydrogens (tertiary/aromatic N) is 2. The number of nitrogens with one attached hydrogen (secondary N) is 2. The molecule has 0 bridgehead atoms. The Balaban J connectivity index is 1.47. The highest BCUT2D eigenvalue weighted by molar-refractivity contribution is 5.94. The van der Waals surface area contributed by atoms with E-state index in [2.05, 4.69) is 20.8 Å². The van der Waals surface area contributed by atoms with E-state index in [1.807, 2.05) is 36.4 Å². The van der Waals surface area contributed by atoms with Gasteiger partial charge in [0.2, 0.25) is 5.82 Å². The number of rotatable bonds is 6. The molecular weight excluding hydrogens is 320 g/mol. The monoisotopic (exact) mass is 336 g/mol. The molecule has 2 aromatic carbocycles. The summed E-state index contributed by atoms with van der Waals surface area (Å²) >= 11 is 0. The van der Waals surface area contributed by atoms with Gasteiger partial charge in [0.15, 0.2) is 0 Å². The lowest BCUT2D eigenvalue weighted by atomic mass is 10.2. The van der Waals surface area contributed by atoms with Crippen LogP contribution in [0.2, 0.25) is 0 Å². The van der Waals surface area contributed by atoms with E-state index in [0.717, 1.165) is 5.56 Å². The van der Waals surface area contributed by atoms with Crippen molar-refractivity contribution >= 4 is 11.8 Å². The molecule has 0 saturated carbocycles. The van der Waals surface area contributed by atoms with Crippen molar-refractivity contribution in [3.8, 4) is 11.4 Å². The zero-order valence-corrected chi connectivity index (χ0v) is 13.3. The standard InChI is InChI=1S/C18H16N4O3/c23-16(14-9-5-2-6-10-14)19-11-12-20-17(24)18-21-15(22-25-18)13-7-3-1-4-8-13/h1-10H,11-12H2,(H,19,23)(H,20,24). The van der Waals surface area contributed by atoms with Crippen LogP contribution >= 0.6 is 0 Å². The summed E-state index contributed by atoms with van der Waals surface area (Å²) in [7, 11) is 0. The van der Waals surface area contributed by atoms with Crippen LogP contribution in [0.1, 0.15) is 21.0 Å². The van der Waals surface area contributed by atoms with Crippen LogP contribution in [0.15, 0.2) is 65.2 Å². The number of hydrogen-bond donors (Lipinski definition) is 2. The number of amides is 2. The van der Waals surface area contributed by atoms with Gasteiger partial charge >= 0.3 is 11.8 Å². The zero-order valence-electron chi connectivity index (χ0n) is 13.3. The van der Waals surface area contributed by atoms with E-state index in [9.17, 15) is 9.59 Å². The Morgan fingerprint density at radius 2 is 1.44 bits per heavy atom. The van der Waals surface area contributed by atoms with E-state index in [0.29, 0.717) is 17.9 Å². The molecule has 0 aliphatic rings. The smallest absolute Gasteiger partial charge is 0.316 e. The van der Waals surface area contributed by atoms with Crippen LogP contribution in [0.3, 0.4) is 0 Å². The van der Waals surface area contributed by atoms with Crippen LogP contribution < -0.4 is 10.6 Å². The Morgan fingerprint density at radius 1 is 0.840 bits per heavy atom. The summed E-state index contributed by atoms with van der Waals surface area (Å²) < 4.78 is 4.97. The average molecular weight is 336 g/mol. The third kappa shape index (κ3) is 4.29. The number of hydrogen-bond acceptors (Lipinski definition) is 5. The van der Waals surface area contributed by atoms with Gasteiger partial charge in [0, 0.05) is 24.2 Å². The summed E-state index contributed by atoms with van der Waals surface area (Å²) in [6.07, 6.45) is 0. The van der Waals surface area contributed by atoms with Gasteiger partial charge in [0.05, 0.1) is 0 Å². The van der Waals surface area contributed by atoms with E-state index >= 15 is 0 Å². The Kier molecular flexibility index (Phi) is 5.16. The molecule has 3 rings (SSSR count). The molecule has 0 unspecified atom stereocenters. The predicted octanol–water partition coefficient (Wildman–Crippen LogP) is 1.90. The highest BCUT2D eigenvalue weighted by Gasteiger charge is 2.15. The van der Waals surface area contributed by atoms with Gasteiger partial charge in [-0.25, -0.2) is 0 Å². The fourth-order valence-corrected chi connectivity index (χ4v) is 2.14. The first-order valence-electron chi connectivity index (χ1n) is 7.74. The van der Waals surface area contributed by atoms with Crippen molar-refractivity contribution in [2.45, 2.75) is 0 Å². The van der Waals surface area contributed by atoms with Gasteiger partial charge < -0.3 is 15.2 Å². The molecule has 7 heteroatoms. The highest BCUT2D eigenvalue weighted by atomic mass is 16.5. The number of carbonyl (C=O) groups is 2. The summed E-state index contributed by atoms with van der Waals surface area (Å²) in [5, 5.41) is 9.12. The molecule has 126 valence electrons. The third-order valence-electron chi connectivity index (χ3n) is 3.38. The van der Waals surface area contributed by atoms with Gasteiger partial charge in [-0.15, -0.1) is 0 Å². The lowest BCUT2D eigenvalue weighted by Gasteiger charge is -2.05. The molecule has 25 heavy (non-hydrogen) atoms. The summed E-state index contributed by atoms with van der Waals surface area (Å²) in [5.74, 6) is -0.445. The van der Waals surface area contributed by atoms with Crippen molar-refractivity contribution in [2.24, 2.45) is 0 Å². The summed E-state index contributed by atoms with van der Waals surface area (Å²) in [5.41, 5.74) is 1.33. The van der Waals surface area contributed by atoms with Gasteiger partial charge in [0.1, 0.15) is 0 Å². The first kappa shape index (κ1) is 16.4. The molecule has 0 aliphatic carbocycles. The van der Waals surface area contributed by atoms with Crippen LogP contribution in [0.5, 0.6) is 0 Å². The molecule has 0 atom stereocenters. The van der Waals surface area contributed by atoms with E-state index in [-0.39, 0.29) is 18.3 Å². The molecule has 1 aromatic heterocycles.